The highest BCUT2D eigenvalue weighted by molar-refractivity contribution is 6.42. The van der Waals surface area contributed by atoms with Crippen LogP contribution in [0.25, 0.3) is 0 Å². The lowest BCUT2D eigenvalue weighted by atomic mass is 10.0. The highest BCUT2D eigenvalue weighted by Crippen LogP contribution is 2.35. The van der Waals surface area contributed by atoms with Crippen LogP contribution in [0.15, 0.2) is 61.2 Å². The third-order valence-corrected chi connectivity index (χ3v) is 5.71. The van der Waals surface area contributed by atoms with Crippen molar-refractivity contribution in [2.75, 3.05) is 6.54 Å². The average Bonchev–Trinajstić information content (AvgIpc) is 3.36. The fourth-order valence-electron chi connectivity index (χ4n) is 3.59. The molecule has 2 heterocycles. The molecule has 1 aromatic heterocycles. The molecule has 4 rings (SSSR count). The first kappa shape index (κ1) is 18.1. The summed E-state index contributed by atoms with van der Waals surface area (Å²) in [5, 5.41) is 1.06. The van der Waals surface area contributed by atoms with Crippen molar-refractivity contribution in [3.8, 4) is 0 Å². The van der Waals surface area contributed by atoms with Gasteiger partial charge in [-0.3, -0.25) is 4.79 Å². The monoisotopic (exact) mass is 399 g/mol. The van der Waals surface area contributed by atoms with Crippen LogP contribution in [0.2, 0.25) is 10.0 Å². The first-order valence-corrected chi connectivity index (χ1v) is 9.68. The number of carbonyl (C=O) groups excluding carboxylic acids is 1. The van der Waals surface area contributed by atoms with Gasteiger partial charge in [0.1, 0.15) is 0 Å². The molecular formula is C21H19Cl2N3O. The summed E-state index contributed by atoms with van der Waals surface area (Å²) < 4.78 is 2.00. The number of imidazole rings is 1. The van der Waals surface area contributed by atoms with Crippen molar-refractivity contribution >= 4 is 29.1 Å². The predicted octanol–water partition coefficient (Wildman–Crippen LogP) is 5.22. The Morgan fingerprint density at radius 2 is 1.93 bits per heavy atom. The van der Waals surface area contributed by atoms with E-state index in [1.807, 2.05) is 52.1 Å². The van der Waals surface area contributed by atoms with Crippen LogP contribution in [0.4, 0.5) is 0 Å². The molecule has 1 aliphatic heterocycles. The largest absolute Gasteiger partial charge is 0.333 e. The van der Waals surface area contributed by atoms with Crippen molar-refractivity contribution < 1.29 is 4.79 Å². The maximum absolute atomic E-state index is 13.1. The van der Waals surface area contributed by atoms with E-state index >= 15 is 0 Å². The number of hydrogen-bond donors (Lipinski definition) is 0. The van der Waals surface area contributed by atoms with E-state index in [-0.39, 0.29) is 11.9 Å². The van der Waals surface area contributed by atoms with Crippen LogP contribution in [0.1, 0.15) is 40.4 Å². The molecule has 0 aliphatic carbocycles. The van der Waals surface area contributed by atoms with Gasteiger partial charge in [0.25, 0.3) is 5.91 Å². The van der Waals surface area contributed by atoms with Crippen molar-refractivity contribution in [3.05, 3.63) is 87.9 Å². The lowest BCUT2D eigenvalue weighted by Crippen LogP contribution is -2.30. The molecule has 1 aliphatic rings. The number of aromatic nitrogens is 2. The second-order valence-corrected chi connectivity index (χ2v) is 7.58. The number of likely N-dealkylation sites (tertiary alicyclic amines) is 1. The molecular weight excluding hydrogens is 381 g/mol. The summed E-state index contributed by atoms with van der Waals surface area (Å²) in [7, 11) is 0. The molecule has 6 heteroatoms. The van der Waals surface area contributed by atoms with Crippen LogP contribution in [0.5, 0.6) is 0 Å². The topological polar surface area (TPSA) is 38.1 Å². The van der Waals surface area contributed by atoms with E-state index in [4.69, 9.17) is 23.2 Å². The average molecular weight is 400 g/mol. The molecule has 1 saturated heterocycles. The lowest BCUT2D eigenvalue weighted by Gasteiger charge is -2.25. The lowest BCUT2D eigenvalue weighted by molar-refractivity contribution is 0.0735. The van der Waals surface area contributed by atoms with Gasteiger partial charge in [-0.1, -0.05) is 41.4 Å². The molecule has 0 N–H and O–H groups in total. The minimum absolute atomic E-state index is 0.0397. The zero-order valence-corrected chi connectivity index (χ0v) is 16.2. The zero-order chi connectivity index (χ0) is 18.8. The molecule has 1 fully saturated rings. The maximum Gasteiger partial charge on any atom is 0.254 e. The minimum Gasteiger partial charge on any atom is -0.333 e. The number of rotatable bonds is 4. The number of amides is 1. The first-order valence-electron chi connectivity index (χ1n) is 8.92. The summed E-state index contributed by atoms with van der Waals surface area (Å²) in [6.07, 6.45) is 7.38. The summed E-state index contributed by atoms with van der Waals surface area (Å²) in [4.78, 5) is 19.0. The Hall–Kier alpha value is -2.30. The van der Waals surface area contributed by atoms with E-state index in [2.05, 4.69) is 4.98 Å². The van der Waals surface area contributed by atoms with Crippen LogP contribution in [-0.4, -0.2) is 26.9 Å². The van der Waals surface area contributed by atoms with Crippen molar-refractivity contribution in [2.45, 2.75) is 25.4 Å². The molecule has 0 spiro atoms. The number of halogens is 2. The maximum atomic E-state index is 13.1. The molecule has 1 unspecified atom stereocenters. The number of hydrogen-bond acceptors (Lipinski definition) is 2. The first-order chi connectivity index (χ1) is 13.1. The Labute approximate surface area is 168 Å². The van der Waals surface area contributed by atoms with Gasteiger partial charge in [0.2, 0.25) is 0 Å². The number of nitrogens with zero attached hydrogens (tertiary/aromatic N) is 3. The molecule has 0 saturated carbocycles. The second-order valence-electron chi connectivity index (χ2n) is 6.76. The number of carbonyl (C=O) groups is 1. The van der Waals surface area contributed by atoms with E-state index in [1.165, 1.54) is 0 Å². The quantitative estimate of drug-likeness (QED) is 0.603. The molecule has 0 bridgehead atoms. The Bertz CT molecular complexity index is 939. The molecule has 1 amide bonds. The van der Waals surface area contributed by atoms with Crippen molar-refractivity contribution in [2.24, 2.45) is 0 Å². The molecule has 1 atom stereocenters. The van der Waals surface area contributed by atoms with Gasteiger partial charge in [-0.25, -0.2) is 4.98 Å². The Morgan fingerprint density at radius 3 is 2.63 bits per heavy atom. The highest BCUT2D eigenvalue weighted by atomic mass is 35.5. The fraction of sp³-hybridized carbons (Fsp3) is 0.238. The van der Waals surface area contributed by atoms with Gasteiger partial charge in [0, 0.05) is 31.0 Å². The van der Waals surface area contributed by atoms with E-state index in [9.17, 15) is 4.79 Å². The van der Waals surface area contributed by atoms with Crippen LogP contribution < -0.4 is 0 Å². The van der Waals surface area contributed by atoms with E-state index in [0.29, 0.717) is 15.6 Å². The van der Waals surface area contributed by atoms with Crippen LogP contribution in [0, 0.1) is 0 Å². The zero-order valence-electron chi connectivity index (χ0n) is 14.7. The molecule has 0 radical (unpaired) electrons. The van der Waals surface area contributed by atoms with Gasteiger partial charge in [-0.2, -0.15) is 0 Å². The Kier molecular flexibility index (Phi) is 5.19. The van der Waals surface area contributed by atoms with Gasteiger partial charge < -0.3 is 9.47 Å². The third-order valence-electron chi connectivity index (χ3n) is 4.97. The van der Waals surface area contributed by atoms with Gasteiger partial charge in [-0.15, -0.1) is 0 Å². The fourth-order valence-corrected chi connectivity index (χ4v) is 3.89. The van der Waals surface area contributed by atoms with Crippen molar-refractivity contribution in [1.82, 2.24) is 14.5 Å². The summed E-state index contributed by atoms with van der Waals surface area (Å²) in [5.41, 5.74) is 2.87. The molecule has 27 heavy (non-hydrogen) atoms. The van der Waals surface area contributed by atoms with Gasteiger partial charge in [-0.05, 0) is 48.2 Å². The van der Waals surface area contributed by atoms with Crippen LogP contribution in [0.3, 0.4) is 0 Å². The standard InChI is InChI=1S/C21H19Cl2N3O/c22-18-8-7-17(12-19(18)23)20-2-1-10-26(20)21(27)16-5-3-15(4-6-16)13-25-11-9-24-14-25/h3-9,11-12,14,20H,1-2,10,13H2. The summed E-state index contributed by atoms with van der Waals surface area (Å²) in [6, 6.07) is 13.5. The van der Waals surface area contributed by atoms with E-state index in [1.54, 1.807) is 18.6 Å². The van der Waals surface area contributed by atoms with E-state index < -0.39 is 0 Å². The van der Waals surface area contributed by atoms with Crippen LogP contribution in [-0.2, 0) is 6.54 Å². The highest BCUT2D eigenvalue weighted by Gasteiger charge is 2.30. The molecule has 2 aromatic carbocycles. The second kappa shape index (κ2) is 7.75. The van der Waals surface area contributed by atoms with Crippen LogP contribution >= 0.6 is 23.2 Å². The van der Waals surface area contributed by atoms with Gasteiger partial charge in [0.05, 0.1) is 22.4 Å². The Morgan fingerprint density at radius 1 is 1.11 bits per heavy atom. The van der Waals surface area contributed by atoms with Crippen molar-refractivity contribution in [1.29, 1.82) is 0 Å². The minimum atomic E-state index is 0.0397. The van der Waals surface area contributed by atoms with Crippen molar-refractivity contribution in [3.63, 3.8) is 0 Å². The molecule has 3 aromatic rings. The Balaban J connectivity index is 1.51. The predicted molar refractivity (Wildman–Crippen MR) is 107 cm³/mol. The number of benzene rings is 2. The third kappa shape index (κ3) is 3.87. The smallest absolute Gasteiger partial charge is 0.254 e. The summed E-state index contributed by atoms with van der Waals surface area (Å²) in [5.74, 6) is 0.0535. The summed E-state index contributed by atoms with van der Waals surface area (Å²) in [6.45, 7) is 1.49. The SMILES string of the molecule is O=C(c1ccc(Cn2ccnc2)cc1)N1CCCC1c1ccc(Cl)c(Cl)c1. The molecule has 138 valence electrons. The normalized spacial score (nSPS) is 16.7. The van der Waals surface area contributed by atoms with Gasteiger partial charge >= 0.3 is 0 Å². The van der Waals surface area contributed by atoms with E-state index in [0.717, 1.165) is 37.1 Å². The van der Waals surface area contributed by atoms with Gasteiger partial charge in [0.15, 0.2) is 0 Å². The summed E-state index contributed by atoms with van der Waals surface area (Å²) >= 11 is 12.2. The molecule has 4 nitrogen and oxygen atoms in total.